The molecule has 0 aliphatic rings. The monoisotopic (exact) mass is 195 g/mol. The van der Waals surface area contributed by atoms with Crippen LogP contribution in [0.2, 0.25) is 5.02 Å². The average Bonchev–Trinajstić information content (AvgIpc) is 2.46. The molecular weight excluding hydrogens is 190 g/mol. The van der Waals surface area contributed by atoms with Gasteiger partial charge in [-0.15, -0.1) is 0 Å². The highest BCUT2D eigenvalue weighted by molar-refractivity contribution is 6.30. The molecule has 2 aromatic heterocycles. The second-order valence-electron chi connectivity index (χ2n) is 2.60. The number of carbonyl (C=O) groups is 1. The highest BCUT2D eigenvalue weighted by Crippen LogP contribution is 2.11. The van der Waals surface area contributed by atoms with E-state index in [1.807, 2.05) is 0 Å². The number of carbonyl (C=O) groups excluding carboxylic acids is 1. The molecule has 1 amide bonds. The Balaban J connectivity index is 2.68. The fraction of sp³-hybridized carbons (Fsp3) is 0. The van der Waals surface area contributed by atoms with E-state index >= 15 is 0 Å². The standard InChI is InChI=1S/C8H6ClN3O/c9-5-1-2-12-4-6(8(10)13)11-7(12)3-5/h1-4H,(H2,10,13). The molecule has 0 radical (unpaired) electrons. The van der Waals surface area contributed by atoms with Crippen molar-refractivity contribution in [1.82, 2.24) is 9.38 Å². The van der Waals surface area contributed by atoms with Gasteiger partial charge in [0.15, 0.2) is 0 Å². The summed E-state index contributed by atoms with van der Waals surface area (Å²) in [5, 5.41) is 0.578. The van der Waals surface area contributed by atoms with Crippen molar-refractivity contribution in [2.45, 2.75) is 0 Å². The summed E-state index contributed by atoms with van der Waals surface area (Å²) in [4.78, 5) is 14.7. The summed E-state index contributed by atoms with van der Waals surface area (Å²) in [6.45, 7) is 0. The van der Waals surface area contributed by atoms with Gasteiger partial charge in [0, 0.05) is 23.5 Å². The Morgan fingerprint density at radius 1 is 1.62 bits per heavy atom. The summed E-state index contributed by atoms with van der Waals surface area (Å²) in [5.41, 5.74) is 5.92. The lowest BCUT2D eigenvalue weighted by molar-refractivity contribution is 0.0996. The van der Waals surface area contributed by atoms with Crippen molar-refractivity contribution in [3.05, 3.63) is 35.2 Å². The normalized spacial score (nSPS) is 10.5. The molecule has 0 aliphatic heterocycles. The van der Waals surface area contributed by atoms with Crippen LogP contribution < -0.4 is 5.73 Å². The Bertz CT molecular complexity index is 477. The van der Waals surface area contributed by atoms with Gasteiger partial charge in [-0.25, -0.2) is 4.98 Å². The number of fused-ring (bicyclic) bond motifs is 1. The van der Waals surface area contributed by atoms with Crippen molar-refractivity contribution in [1.29, 1.82) is 0 Å². The summed E-state index contributed by atoms with van der Waals surface area (Å²) < 4.78 is 1.69. The Morgan fingerprint density at radius 2 is 2.38 bits per heavy atom. The van der Waals surface area contributed by atoms with Crippen LogP contribution in [0.3, 0.4) is 0 Å². The number of hydrogen-bond acceptors (Lipinski definition) is 2. The Labute approximate surface area is 78.9 Å². The number of halogens is 1. The van der Waals surface area contributed by atoms with E-state index in [9.17, 15) is 4.79 Å². The molecule has 0 spiro atoms. The molecule has 0 saturated carbocycles. The Morgan fingerprint density at radius 3 is 3.08 bits per heavy atom. The third-order valence-electron chi connectivity index (χ3n) is 1.67. The Kier molecular flexibility index (Phi) is 1.70. The van der Waals surface area contributed by atoms with Crippen LogP contribution >= 0.6 is 11.6 Å². The highest BCUT2D eigenvalue weighted by atomic mass is 35.5. The number of rotatable bonds is 1. The summed E-state index contributed by atoms with van der Waals surface area (Å²) >= 11 is 5.74. The molecule has 2 rings (SSSR count). The number of imidazole rings is 1. The van der Waals surface area contributed by atoms with Crippen molar-refractivity contribution in [3.63, 3.8) is 0 Å². The molecule has 0 atom stereocenters. The van der Waals surface area contributed by atoms with Crippen LogP contribution in [0.1, 0.15) is 10.5 Å². The molecule has 4 nitrogen and oxygen atoms in total. The van der Waals surface area contributed by atoms with Gasteiger partial charge in [0.2, 0.25) is 0 Å². The fourth-order valence-electron chi connectivity index (χ4n) is 1.08. The second kappa shape index (κ2) is 2.74. The smallest absolute Gasteiger partial charge is 0.268 e. The molecule has 2 aromatic rings. The first kappa shape index (κ1) is 8.07. The largest absolute Gasteiger partial charge is 0.364 e. The summed E-state index contributed by atoms with van der Waals surface area (Å²) in [6, 6.07) is 3.37. The maximum Gasteiger partial charge on any atom is 0.268 e. The molecule has 2 N–H and O–H groups in total. The van der Waals surface area contributed by atoms with Gasteiger partial charge in [0.25, 0.3) is 5.91 Å². The zero-order valence-electron chi connectivity index (χ0n) is 6.57. The highest BCUT2D eigenvalue weighted by Gasteiger charge is 2.05. The Hall–Kier alpha value is -1.55. The predicted octanol–water partition coefficient (Wildman–Crippen LogP) is 1.09. The van der Waals surface area contributed by atoms with Crippen LogP contribution in [0.4, 0.5) is 0 Å². The molecule has 0 aliphatic carbocycles. The third-order valence-corrected chi connectivity index (χ3v) is 1.91. The molecule has 0 fully saturated rings. The predicted molar refractivity (Wildman–Crippen MR) is 48.7 cm³/mol. The van der Waals surface area contributed by atoms with Crippen molar-refractivity contribution < 1.29 is 4.79 Å². The number of aromatic nitrogens is 2. The number of nitrogens with zero attached hydrogens (tertiary/aromatic N) is 2. The molecule has 0 aromatic carbocycles. The molecule has 0 bridgehead atoms. The van der Waals surface area contributed by atoms with Crippen molar-refractivity contribution >= 4 is 23.2 Å². The van der Waals surface area contributed by atoms with Gasteiger partial charge in [0.05, 0.1) is 0 Å². The number of primary amides is 1. The van der Waals surface area contributed by atoms with Crippen molar-refractivity contribution in [3.8, 4) is 0 Å². The number of pyridine rings is 1. The SMILES string of the molecule is NC(=O)c1cn2ccc(Cl)cc2n1. The fourth-order valence-corrected chi connectivity index (χ4v) is 1.23. The molecule has 0 unspecified atom stereocenters. The topological polar surface area (TPSA) is 60.4 Å². The summed E-state index contributed by atoms with van der Waals surface area (Å²) in [7, 11) is 0. The minimum Gasteiger partial charge on any atom is -0.364 e. The van der Waals surface area contributed by atoms with Gasteiger partial charge in [-0.05, 0) is 6.07 Å². The molecule has 5 heteroatoms. The lowest BCUT2D eigenvalue weighted by Gasteiger charge is -1.90. The third kappa shape index (κ3) is 1.36. The van der Waals surface area contributed by atoms with Crippen LogP contribution in [0.25, 0.3) is 5.65 Å². The van der Waals surface area contributed by atoms with Crippen LogP contribution in [-0.4, -0.2) is 15.3 Å². The van der Waals surface area contributed by atoms with E-state index in [1.54, 1.807) is 28.9 Å². The van der Waals surface area contributed by atoms with Crippen LogP contribution in [0.5, 0.6) is 0 Å². The van der Waals surface area contributed by atoms with Gasteiger partial charge in [-0.3, -0.25) is 4.79 Å². The van der Waals surface area contributed by atoms with Gasteiger partial charge in [0.1, 0.15) is 11.3 Å². The van der Waals surface area contributed by atoms with E-state index in [-0.39, 0.29) is 5.69 Å². The second-order valence-corrected chi connectivity index (χ2v) is 3.04. The minimum absolute atomic E-state index is 0.238. The van der Waals surface area contributed by atoms with E-state index in [4.69, 9.17) is 17.3 Å². The molecule has 66 valence electrons. The maximum absolute atomic E-state index is 10.8. The summed E-state index contributed by atoms with van der Waals surface area (Å²) in [6.07, 6.45) is 3.28. The number of amides is 1. The molecule has 13 heavy (non-hydrogen) atoms. The van der Waals surface area contributed by atoms with E-state index in [0.717, 1.165) is 0 Å². The molecular formula is C8H6ClN3O. The molecule has 2 heterocycles. The van der Waals surface area contributed by atoms with E-state index < -0.39 is 5.91 Å². The zero-order chi connectivity index (χ0) is 9.42. The van der Waals surface area contributed by atoms with E-state index in [0.29, 0.717) is 10.7 Å². The van der Waals surface area contributed by atoms with E-state index in [1.165, 1.54) is 0 Å². The first-order valence-corrected chi connectivity index (χ1v) is 3.98. The van der Waals surface area contributed by atoms with Crippen LogP contribution in [0.15, 0.2) is 24.5 Å². The lowest BCUT2D eigenvalue weighted by Crippen LogP contribution is -2.10. The van der Waals surface area contributed by atoms with E-state index in [2.05, 4.69) is 4.98 Å². The van der Waals surface area contributed by atoms with Crippen molar-refractivity contribution in [2.24, 2.45) is 5.73 Å². The number of nitrogens with two attached hydrogens (primary N) is 1. The number of hydrogen-bond donors (Lipinski definition) is 1. The quantitative estimate of drug-likeness (QED) is 0.741. The first-order valence-electron chi connectivity index (χ1n) is 3.61. The van der Waals surface area contributed by atoms with Crippen molar-refractivity contribution in [2.75, 3.05) is 0 Å². The average molecular weight is 196 g/mol. The maximum atomic E-state index is 10.8. The van der Waals surface area contributed by atoms with Gasteiger partial charge < -0.3 is 10.1 Å². The minimum atomic E-state index is -0.542. The lowest BCUT2D eigenvalue weighted by atomic mass is 10.5. The van der Waals surface area contributed by atoms with Gasteiger partial charge >= 0.3 is 0 Å². The van der Waals surface area contributed by atoms with Crippen LogP contribution in [-0.2, 0) is 0 Å². The first-order chi connectivity index (χ1) is 6.16. The zero-order valence-corrected chi connectivity index (χ0v) is 7.32. The van der Waals surface area contributed by atoms with Gasteiger partial charge in [-0.2, -0.15) is 0 Å². The summed E-state index contributed by atoms with van der Waals surface area (Å²) in [5.74, 6) is -0.542. The van der Waals surface area contributed by atoms with Crippen LogP contribution in [0, 0.1) is 0 Å². The molecule has 0 saturated heterocycles. The van der Waals surface area contributed by atoms with Gasteiger partial charge in [-0.1, -0.05) is 11.6 Å².